The van der Waals surface area contributed by atoms with Crippen LogP contribution in [0.1, 0.15) is 17.3 Å². The molecule has 0 aliphatic heterocycles. The molecular formula is C15H17N3O2. The Morgan fingerprint density at radius 2 is 1.90 bits per heavy atom. The van der Waals surface area contributed by atoms with Crippen LogP contribution in [-0.4, -0.2) is 12.5 Å². The van der Waals surface area contributed by atoms with Crippen molar-refractivity contribution in [1.29, 1.82) is 0 Å². The Balaban J connectivity index is 2.27. The average Bonchev–Trinajstić information content (AvgIpc) is 2.43. The van der Waals surface area contributed by atoms with E-state index in [2.05, 4.69) is 5.32 Å². The number of anilines is 3. The van der Waals surface area contributed by atoms with Crippen molar-refractivity contribution in [2.24, 2.45) is 5.73 Å². The highest BCUT2D eigenvalue weighted by atomic mass is 16.5. The van der Waals surface area contributed by atoms with E-state index in [0.29, 0.717) is 23.5 Å². The van der Waals surface area contributed by atoms with Crippen LogP contribution in [0.5, 0.6) is 5.75 Å². The van der Waals surface area contributed by atoms with E-state index >= 15 is 0 Å². The number of nitrogen functional groups attached to an aromatic ring is 1. The summed E-state index contributed by atoms with van der Waals surface area (Å²) in [5.41, 5.74) is 13.4. The molecule has 2 rings (SSSR count). The molecule has 0 radical (unpaired) electrons. The number of ether oxygens (including phenoxy) is 1. The second-order valence-electron chi connectivity index (χ2n) is 4.22. The molecule has 5 heteroatoms. The molecule has 5 N–H and O–H groups in total. The first-order valence-corrected chi connectivity index (χ1v) is 6.30. The van der Waals surface area contributed by atoms with Crippen molar-refractivity contribution in [2.45, 2.75) is 6.92 Å². The zero-order valence-corrected chi connectivity index (χ0v) is 11.2. The second-order valence-corrected chi connectivity index (χ2v) is 4.22. The number of nitrogens with one attached hydrogen (secondary N) is 1. The number of hydrogen-bond donors (Lipinski definition) is 3. The smallest absolute Gasteiger partial charge is 0.250 e. The van der Waals surface area contributed by atoms with Crippen LogP contribution in [0, 0.1) is 0 Å². The van der Waals surface area contributed by atoms with E-state index in [4.69, 9.17) is 16.2 Å². The second kappa shape index (κ2) is 5.97. The molecule has 2 aromatic rings. The van der Waals surface area contributed by atoms with Gasteiger partial charge >= 0.3 is 0 Å². The lowest BCUT2D eigenvalue weighted by Gasteiger charge is -2.13. The molecule has 104 valence electrons. The van der Waals surface area contributed by atoms with E-state index in [1.54, 1.807) is 18.2 Å². The summed E-state index contributed by atoms with van der Waals surface area (Å²) in [6, 6.07) is 12.4. The molecule has 0 aromatic heterocycles. The predicted molar refractivity (Wildman–Crippen MR) is 80.3 cm³/mol. The molecule has 0 fully saturated rings. The van der Waals surface area contributed by atoms with Gasteiger partial charge in [-0.25, -0.2) is 0 Å². The van der Waals surface area contributed by atoms with Crippen molar-refractivity contribution in [1.82, 2.24) is 0 Å². The van der Waals surface area contributed by atoms with Gasteiger partial charge in [-0.3, -0.25) is 4.79 Å². The SMILES string of the molecule is CCOc1ccc(Nc2c(N)cccc2C(N)=O)cc1. The molecule has 0 heterocycles. The summed E-state index contributed by atoms with van der Waals surface area (Å²) in [6.45, 7) is 2.54. The van der Waals surface area contributed by atoms with Crippen molar-refractivity contribution in [3.05, 3.63) is 48.0 Å². The zero-order chi connectivity index (χ0) is 14.5. The molecule has 0 saturated carbocycles. The maximum absolute atomic E-state index is 11.4. The molecule has 5 nitrogen and oxygen atoms in total. The van der Waals surface area contributed by atoms with Gasteiger partial charge in [-0.15, -0.1) is 0 Å². The van der Waals surface area contributed by atoms with Gasteiger partial charge in [0, 0.05) is 5.69 Å². The van der Waals surface area contributed by atoms with Gasteiger partial charge in [0.2, 0.25) is 0 Å². The minimum Gasteiger partial charge on any atom is -0.494 e. The molecule has 0 unspecified atom stereocenters. The first-order valence-electron chi connectivity index (χ1n) is 6.30. The van der Waals surface area contributed by atoms with Crippen LogP contribution < -0.4 is 21.5 Å². The summed E-state index contributed by atoms with van der Waals surface area (Å²) in [6.07, 6.45) is 0. The first kappa shape index (κ1) is 13.7. The summed E-state index contributed by atoms with van der Waals surface area (Å²) in [4.78, 5) is 11.4. The molecule has 0 atom stereocenters. The summed E-state index contributed by atoms with van der Waals surface area (Å²) >= 11 is 0. The van der Waals surface area contributed by atoms with Gasteiger partial charge in [-0.1, -0.05) is 6.07 Å². The summed E-state index contributed by atoms with van der Waals surface area (Å²) < 4.78 is 5.37. The molecule has 0 aliphatic carbocycles. The Hall–Kier alpha value is -2.69. The molecule has 0 aliphatic rings. The normalized spacial score (nSPS) is 10.1. The van der Waals surface area contributed by atoms with Crippen LogP contribution in [0.25, 0.3) is 0 Å². The lowest BCUT2D eigenvalue weighted by molar-refractivity contribution is 0.100. The Labute approximate surface area is 117 Å². The van der Waals surface area contributed by atoms with E-state index in [9.17, 15) is 4.79 Å². The van der Waals surface area contributed by atoms with Gasteiger partial charge in [-0.05, 0) is 43.3 Å². The van der Waals surface area contributed by atoms with Crippen LogP contribution in [0.4, 0.5) is 17.1 Å². The number of benzene rings is 2. The number of para-hydroxylation sites is 1. The van der Waals surface area contributed by atoms with Crippen LogP contribution >= 0.6 is 0 Å². The van der Waals surface area contributed by atoms with Gasteiger partial charge in [0.1, 0.15) is 5.75 Å². The Morgan fingerprint density at radius 3 is 2.50 bits per heavy atom. The number of hydrogen-bond acceptors (Lipinski definition) is 4. The van der Waals surface area contributed by atoms with E-state index in [1.807, 2.05) is 31.2 Å². The van der Waals surface area contributed by atoms with E-state index in [0.717, 1.165) is 11.4 Å². The van der Waals surface area contributed by atoms with E-state index < -0.39 is 5.91 Å². The highest BCUT2D eigenvalue weighted by molar-refractivity contribution is 6.02. The maximum Gasteiger partial charge on any atom is 0.250 e. The summed E-state index contributed by atoms with van der Waals surface area (Å²) in [7, 11) is 0. The third-order valence-electron chi connectivity index (χ3n) is 2.80. The fraction of sp³-hybridized carbons (Fsp3) is 0.133. The van der Waals surface area contributed by atoms with Crippen LogP contribution in [0.15, 0.2) is 42.5 Å². The monoisotopic (exact) mass is 271 g/mol. The molecule has 2 aromatic carbocycles. The van der Waals surface area contributed by atoms with E-state index in [1.165, 1.54) is 0 Å². The Morgan fingerprint density at radius 1 is 1.20 bits per heavy atom. The zero-order valence-electron chi connectivity index (χ0n) is 11.2. The lowest BCUT2D eigenvalue weighted by Crippen LogP contribution is -2.14. The van der Waals surface area contributed by atoms with Gasteiger partial charge in [0.05, 0.1) is 23.5 Å². The molecule has 1 amide bonds. The minimum absolute atomic E-state index is 0.360. The topological polar surface area (TPSA) is 90.4 Å². The van der Waals surface area contributed by atoms with Gasteiger partial charge in [0.25, 0.3) is 5.91 Å². The molecular weight excluding hydrogens is 254 g/mol. The number of amides is 1. The van der Waals surface area contributed by atoms with Crippen molar-refractivity contribution in [3.8, 4) is 5.75 Å². The number of nitrogens with two attached hydrogens (primary N) is 2. The number of carbonyl (C=O) groups excluding carboxylic acids is 1. The van der Waals surface area contributed by atoms with Gasteiger partial charge < -0.3 is 21.5 Å². The Bertz CT molecular complexity index is 609. The molecule has 0 saturated heterocycles. The predicted octanol–water partition coefficient (Wildman–Crippen LogP) is 2.51. The van der Waals surface area contributed by atoms with Crippen molar-refractivity contribution < 1.29 is 9.53 Å². The Kier molecular flexibility index (Phi) is 4.10. The minimum atomic E-state index is -0.522. The third-order valence-corrected chi connectivity index (χ3v) is 2.80. The average molecular weight is 271 g/mol. The maximum atomic E-state index is 11.4. The molecule has 0 spiro atoms. The standard InChI is InChI=1S/C15H17N3O2/c1-2-20-11-8-6-10(7-9-11)18-14-12(15(17)19)4-3-5-13(14)16/h3-9,18H,2,16H2,1H3,(H2,17,19). The van der Waals surface area contributed by atoms with Gasteiger partial charge in [-0.2, -0.15) is 0 Å². The lowest BCUT2D eigenvalue weighted by atomic mass is 10.1. The largest absolute Gasteiger partial charge is 0.494 e. The van der Waals surface area contributed by atoms with Crippen LogP contribution in [0.3, 0.4) is 0 Å². The fourth-order valence-electron chi connectivity index (χ4n) is 1.86. The number of carbonyl (C=O) groups is 1. The van der Waals surface area contributed by atoms with E-state index in [-0.39, 0.29) is 0 Å². The van der Waals surface area contributed by atoms with Gasteiger partial charge in [0.15, 0.2) is 0 Å². The quantitative estimate of drug-likeness (QED) is 0.729. The van der Waals surface area contributed by atoms with Crippen molar-refractivity contribution in [3.63, 3.8) is 0 Å². The number of rotatable bonds is 5. The summed E-state index contributed by atoms with van der Waals surface area (Å²) in [5, 5.41) is 3.11. The molecule has 0 bridgehead atoms. The highest BCUT2D eigenvalue weighted by Crippen LogP contribution is 2.28. The highest BCUT2D eigenvalue weighted by Gasteiger charge is 2.11. The van der Waals surface area contributed by atoms with Crippen molar-refractivity contribution >= 4 is 23.0 Å². The first-order chi connectivity index (χ1) is 9.61. The van der Waals surface area contributed by atoms with Crippen LogP contribution in [-0.2, 0) is 0 Å². The van der Waals surface area contributed by atoms with Crippen molar-refractivity contribution in [2.75, 3.05) is 17.7 Å². The summed E-state index contributed by atoms with van der Waals surface area (Å²) in [5.74, 6) is 0.264. The number of primary amides is 1. The third kappa shape index (κ3) is 3.00. The molecule has 20 heavy (non-hydrogen) atoms. The van der Waals surface area contributed by atoms with Crippen LogP contribution in [0.2, 0.25) is 0 Å². The fourth-order valence-corrected chi connectivity index (χ4v) is 1.86.